The first-order valence-corrected chi connectivity index (χ1v) is 5.70. The van der Waals surface area contributed by atoms with Gasteiger partial charge in [-0.25, -0.2) is 0 Å². The van der Waals surface area contributed by atoms with Gasteiger partial charge in [-0.3, -0.25) is 4.79 Å². The Morgan fingerprint density at radius 1 is 1.42 bits per heavy atom. The summed E-state index contributed by atoms with van der Waals surface area (Å²) in [5.41, 5.74) is 0.550. The van der Waals surface area contributed by atoms with Crippen LogP contribution >= 0.6 is 11.6 Å². The van der Waals surface area contributed by atoms with Crippen LogP contribution in [-0.4, -0.2) is 27.2 Å². The van der Waals surface area contributed by atoms with Gasteiger partial charge in [0.2, 0.25) is 0 Å². The molecule has 0 heterocycles. The quantitative estimate of drug-likeness (QED) is 0.676. The van der Waals surface area contributed by atoms with Gasteiger partial charge in [-0.15, -0.1) is 0 Å². The highest BCUT2D eigenvalue weighted by Gasteiger charge is 2.12. The van der Waals surface area contributed by atoms with Gasteiger partial charge in [0.05, 0.1) is 19.2 Å². The first kappa shape index (κ1) is 14.9. The molecule has 6 heteroatoms. The number of carbonyl (C=O) groups is 1. The summed E-state index contributed by atoms with van der Waals surface area (Å²) in [7, 11) is 4.41. The molecule has 1 aromatic rings. The van der Waals surface area contributed by atoms with Crippen molar-refractivity contribution in [2.45, 2.75) is 0 Å². The van der Waals surface area contributed by atoms with Crippen molar-refractivity contribution >= 4 is 23.6 Å². The largest absolute Gasteiger partial charge is 0.493 e. The Balaban J connectivity index is 3.30. The minimum absolute atomic E-state index is 0.0224. The molecule has 1 rings (SSSR count). The van der Waals surface area contributed by atoms with Gasteiger partial charge in [-0.1, -0.05) is 11.6 Å². The van der Waals surface area contributed by atoms with E-state index in [1.807, 2.05) is 6.07 Å². The van der Waals surface area contributed by atoms with Crippen molar-refractivity contribution in [3.8, 4) is 17.6 Å². The molecule has 1 aromatic carbocycles. The summed E-state index contributed by atoms with van der Waals surface area (Å²) in [6.45, 7) is 0. The number of ether oxygens (including phenoxy) is 2. The van der Waals surface area contributed by atoms with E-state index in [9.17, 15) is 4.79 Å². The number of amides is 1. The molecule has 100 valence electrons. The highest BCUT2D eigenvalue weighted by Crippen LogP contribution is 2.36. The second kappa shape index (κ2) is 6.66. The lowest BCUT2D eigenvalue weighted by molar-refractivity contribution is -0.116. The number of nitrogens with one attached hydrogen (secondary N) is 1. The first-order chi connectivity index (χ1) is 9.07. The lowest BCUT2D eigenvalue weighted by atomic mass is 10.1. The van der Waals surface area contributed by atoms with Crippen molar-refractivity contribution in [3.05, 3.63) is 28.3 Å². The Labute approximate surface area is 116 Å². The number of methoxy groups -OCH3 is 2. The summed E-state index contributed by atoms with van der Waals surface area (Å²) in [6, 6.07) is 5.04. The van der Waals surface area contributed by atoms with Crippen LogP contribution in [0.5, 0.6) is 11.5 Å². The number of nitriles is 1. The lowest BCUT2D eigenvalue weighted by Gasteiger charge is -2.10. The molecule has 0 spiro atoms. The SMILES string of the molecule is CNC(=O)/C(C#N)=C/c1cc(Cl)c(OC)c(OC)c1. The average Bonchev–Trinajstić information content (AvgIpc) is 2.43. The lowest BCUT2D eigenvalue weighted by Crippen LogP contribution is -2.19. The fraction of sp³-hybridized carbons (Fsp3) is 0.231. The Morgan fingerprint density at radius 2 is 2.11 bits per heavy atom. The van der Waals surface area contributed by atoms with Gasteiger partial charge in [-0.2, -0.15) is 5.26 Å². The predicted molar refractivity (Wildman–Crippen MR) is 72.2 cm³/mol. The molecule has 0 saturated heterocycles. The van der Waals surface area contributed by atoms with Crippen molar-refractivity contribution in [3.63, 3.8) is 0 Å². The van der Waals surface area contributed by atoms with E-state index in [2.05, 4.69) is 5.32 Å². The Kier molecular flexibility index (Phi) is 5.22. The van der Waals surface area contributed by atoms with E-state index in [-0.39, 0.29) is 5.57 Å². The molecule has 0 bridgehead atoms. The molecular formula is C13H13ClN2O3. The fourth-order valence-corrected chi connectivity index (χ4v) is 1.77. The number of hydrogen-bond donors (Lipinski definition) is 1. The van der Waals surface area contributed by atoms with Crippen LogP contribution in [0.25, 0.3) is 6.08 Å². The van der Waals surface area contributed by atoms with E-state index in [0.29, 0.717) is 22.1 Å². The van der Waals surface area contributed by atoms with Crippen molar-refractivity contribution in [1.82, 2.24) is 5.32 Å². The van der Waals surface area contributed by atoms with Crippen LogP contribution in [0.15, 0.2) is 17.7 Å². The van der Waals surface area contributed by atoms with Crippen LogP contribution in [0.1, 0.15) is 5.56 Å². The zero-order chi connectivity index (χ0) is 14.4. The van der Waals surface area contributed by atoms with E-state index in [0.717, 1.165) is 0 Å². The molecule has 19 heavy (non-hydrogen) atoms. The average molecular weight is 281 g/mol. The maximum Gasteiger partial charge on any atom is 0.261 e. The van der Waals surface area contributed by atoms with Gasteiger partial charge < -0.3 is 14.8 Å². The third-order valence-electron chi connectivity index (χ3n) is 2.36. The third-order valence-corrected chi connectivity index (χ3v) is 2.64. The number of halogens is 1. The second-order valence-corrected chi connectivity index (χ2v) is 3.89. The van der Waals surface area contributed by atoms with E-state index >= 15 is 0 Å². The van der Waals surface area contributed by atoms with Crippen LogP contribution in [0.3, 0.4) is 0 Å². The molecule has 5 nitrogen and oxygen atoms in total. The summed E-state index contributed by atoms with van der Waals surface area (Å²) in [5.74, 6) is 0.364. The van der Waals surface area contributed by atoms with Crippen molar-refractivity contribution < 1.29 is 14.3 Å². The normalized spacial score (nSPS) is 10.6. The third kappa shape index (κ3) is 3.39. The van der Waals surface area contributed by atoms with Crippen LogP contribution in [0.2, 0.25) is 5.02 Å². The fourth-order valence-electron chi connectivity index (χ4n) is 1.47. The van der Waals surface area contributed by atoms with Crippen molar-refractivity contribution in [1.29, 1.82) is 5.26 Å². The maximum absolute atomic E-state index is 11.4. The molecule has 0 radical (unpaired) electrons. The van der Waals surface area contributed by atoms with E-state index in [1.54, 1.807) is 12.1 Å². The van der Waals surface area contributed by atoms with Gasteiger partial charge in [-0.05, 0) is 23.8 Å². The molecule has 0 atom stereocenters. The number of carbonyl (C=O) groups excluding carboxylic acids is 1. The number of rotatable bonds is 4. The molecule has 0 aliphatic heterocycles. The highest BCUT2D eigenvalue weighted by atomic mass is 35.5. The molecule has 0 aliphatic rings. The molecule has 0 saturated carbocycles. The minimum Gasteiger partial charge on any atom is -0.493 e. The number of hydrogen-bond acceptors (Lipinski definition) is 4. The van der Waals surface area contributed by atoms with Gasteiger partial charge >= 0.3 is 0 Å². The topological polar surface area (TPSA) is 71.4 Å². The van der Waals surface area contributed by atoms with Crippen molar-refractivity contribution in [2.24, 2.45) is 0 Å². The standard InChI is InChI=1S/C13H13ClN2O3/c1-16-13(17)9(7-15)4-8-5-10(14)12(19-3)11(6-8)18-2/h4-6H,1-3H3,(H,16,17)/b9-4+. The smallest absolute Gasteiger partial charge is 0.261 e. The Bertz CT molecular complexity index is 562. The molecule has 0 aliphatic carbocycles. The van der Waals surface area contributed by atoms with E-state index in [4.69, 9.17) is 26.3 Å². The van der Waals surface area contributed by atoms with Crippen LogP contribution in [-0.2, 0) is 4.79 Å². The summed E-state index contributed by atoms with van der Waals surface area (Å²) >= 11 is 6.04. The van der Waals surface area contributed by atoms with Gasteiger partial charge in [0.15, 0.2) is 11.5 Å². The van der Waals surface area contributed by atoms with Crippen LogP contribution in [0.4, 0.5) is 0 Å². The zero-order valence-electron chi connectivity index (χ0n) is 10.8. The highest BCUT2D eigenvalue weighted by molar-refractivity contribution is 6.32. The second-order valence-electron chi connectivity index (χ2n) is 3.49. The van der Waals surface area contributed by atoms with Crippen LogP contribution < -0.4 is 14.8 Å². The Hall–Kier alpha value is -2.19. The molecule has 0 aromatic heterocycles. The number of likely N-dealkylation sites (N-methyl/N-ethyl adjacent to an activating group) is 1. The molecular weight excluding hydrogens is 268 g/mol. The monoisotopic (exact) mass is 280 g/mol. The van der Waals surface area contributed by atoms with E-state index < -0.39 is 5.91 Å². The predicted octanol–water partition coefficient (Wildman–Crippen LogP) is 2.01. The van der Waals surface area contributed by atoms with Crippen LogP contribution in [0, 0.1) is 11.3 Å². The molecule has 1 amide bonds. The number of nitrogens with zero attached hydrogens (tertiary/aromatic N) is 1. The Morgan fingerprint density at radius 3 is 2.58 bits per heavy atom. The summed E-state index contributed by atoms with van der Waals surface area (Å²) in [6.07, 6.45) is 1.42. The first-order valence-electron chi connectivity index (χ1n) is 5.32. The zero-order valence-corrected chi connectivity index (χ0v) is 11.5. The maximum atomic E-state index is 11.4. The molecule has 0 fully saturated rings. The molecule has 1 N–H and O–H groups in total. The van der Waals surface area contributed by atoms with Gasteiger partial charge in [0, 0.05) is 7.05 Å². The summed E-state index contributed by atoms with van der Waals surface area (Å²) in [4.78, 5) is 11.4. The summed E-state index contributed by atoms with van der Waals surface area (Å²) in [5, 5.41) is 11.6. The van der Waals surface area contributed by atoms with Gasteiger partial charge in [0.25, 0.3) is 5.91 Å². The summed E-state index contributed by atoms with van der Waals surface area (Å²) < 4.78 is 10.2. The number of benzene rings is 1. The molecule has 0 unspecified atom stereocenters. The van der Waals surface area contributed by atoms with Crippen molar-refractivity contribution in [2.75, 3.05) is 21.3 Å². The van der Waals surface area contributed by atoms with E-state index in [1.165, 1.54) is 27.3 Å². The minimum atomic E-state index is -0.464. The van der Waals surface area contributed by atoms with Gasteiger partial charge in [0.1, 0.15) is 11.6 Å².